The highest BCUT2D eigenvalue weighted by Crippen LogP contribution is 2.16. The van der Waals surface area contributed by atoms with Crippen LogP contribution in [-0.2, 0) is 11.2 Å². The Kier molecular flexibility index (Phi) is 7.78. The summed E-state index contributed by atoms with van der Waals surface area (Å²) in [7, 11) is 0. The number of aryl methyl sites for hydroxylation is 2. The molecule has 0 saturated heterocycles. The van der Waals surface area contributed by atoms with Gasteiger partial charge in [0.05, 0.1) is 0 Å². The van der Waals surface area contributed by atoms with Crippen molar-refractivity contribution in [1.82, 2.24) is 9.88 Å². The Morgan fingerprint density at radius 2 is 1.88 bits per heavy atom. The van der Waals surface area contributed by atoms with Gasteiger partial charge in [0.2, 0.25) is 5.91 Å². The van der Waals surface area contributed by atoms with Gasteiger partial charge in [0.1, 0.15) is 6.54 Å². The number of thiazole rings is 1. The molecule has 1 aromatic heterocycles. The quantitative estimate of drug-likeness (QED) is 0.667. The van der Waals surface area contributed by atoms with E-state index in [9.17, 15) is 9.59 Å². The van der Waals surface area contributed by atoms with Crippen LogP contribution in [0.15, 0.2) is 30.5 Å². The molecule has 0 radical (unpaired) electrons. The second-order valence-electron chi connectivity index (χ2n) is 6.31. The van der Waals surface area contributed by atoms with E-state index in [4.69, 9.17) is 0 Å². The zero-order valence-corrected chi connectivity index (χ0v) is 16.6. The van der Waals surface area contributed by atoms with Crippen LogP contribution in [0, 0.1) is 6.92 Å². The molecule has 0 unspecified atom stereocenters. The highest BCUT2D eigenvalue weighted by molar-refractivity contribution is 7.15. The van der Waals surface area contributed by atoms with Crippen molar-refractivity contribution in [3.63, 3.8) is 0 Å². The molecular formula is C20H27N3O2S. The van der Waals surface area contributed by atoms with Crippen molar-refractivity contribution in [2.45, 2.75) is 46.5 Å². The molecule has 1 heterocycles. The molecule has 0 atom stereocenters. The fraction of sp³-hybridized carbons (Fsp3) is 0.450. The third-order valence-corrected chi connectivity index (χ3v) is 4.96. The van der Waals surface area contributed by atoms with Crippen LogP contribution in [0.25, 0.3) is 0 Å². The second kappa shape index (κ2) is 10.1. The number of carbonyl (C=O) groups excluding carboxylic acids is 2. The number of hydrogen-bond acceptors (Lipinski definition) is 4. The summed E-state index contributed by atoms with van der Waals surface area (Å²) in [6.07, 6.45) is 5.65. The van der Waals surface area contributed by atoms with Gasteiger partial charge in [0, 0.05) is 23.2 Å². The fourth-order valence-electron chi connectivity index (χ4n) is 2.62. The lowest BCUT2D eigenvalue weighted by Gasteiger charge is -2.22. The smallest absolute Gasteiger partial charge is 0.254 e. The molecule has 0 aliphatic rings. The zero-order valence-electron chi connectivity index (χ0n) is 15.7. The number of rotatable bonds is 9. The van der Waals surface area contributed by atoms with Crippen molar-refractivity contribution in [1.29, 1.82) is 0 Å². The highest BCUT2D eigenvalue weighted by Gasteiger charge is 2.19. The van der Waals surface area contributed by atoms with Crippen molar-refractivity contribution in [3.05, 3.63) is 46.5 Å². The van der Waals surface area contributed by atoms with Crippen LogP contribution in [-0.4, -0.2) is 34.8 Å². The van der Waals surface area contributed by atoms with Gasteiger partial charge in [-0.25, -0.2) is 4.98 Å². The van der Waals surface area contributed by atoms with E-state index in [0.29, 0.717) is 17.2 Å². The summed E-state index contributed by atoms with van der Waals surface area (Å²) in [5, 5.41) is 3.35. The predicted octanol–water partition coefficient (Wildman–Crippen LogP) is 4.29. The molecule has 140 valence electrons. The van der Waals surface area contributed by atoms with Crippen LogP contribution in [0.4, 0.5) is 5.13 Å². The van der Waals surface area contributed by atoms with Crippen molar-refractivity contribution in [2.24, 2.45) is 0 Å². The first-order chi connectivity index (χ1) is 12.5. The van der Waals surface area contributed by atoms with Crippen molar-refractivity contribution >= 4 is 28.3 Å². The largest absolute Gasteiger partial charge is 0.329 e. The van der Waals surface area contributed by atoms with Gasteiger partial charge in [-0.05, 0) is 37.5 Å². The van der Waals surface area contributed by atoms with Crippen LogP contribution in [0.3, 0.4) is 0 Å². The Morgan fingerprint density at radius 3 is 2.46 bits per heavy atom. The molecule has 5 nitrogen and oxygen atoms in total. The Hall–Kier alpha value is -2.21. The van der Waals surface area contributed by atoms with Gasteiger partial charge < -0.3 is 10.2 Å². The van der Waals surface area contributed by atoms with Gasteiger partial charge in [0.15, 0.2) is 5.13 Å². The van der Waals surface area contributed by atoms with Gasteiger partial charge in [-0.3, -0.25) is 9.59 Å². The minimum absolute atomic E-state index is 0.0384. The second-order valence-corrected chi connectivity index (χ2v) is 7.54. The van der Waals surface area contributed by atoms with Gasteiger partial charge >= 0.3 is 0 Å². The van der Waals surface area contributed by atoms with Crippen LogP contribution < -0.4 is 5.32 Å². The average Bonchev–Trinajstić information content (AvgIpc) is 3.05. The SMILES string of the molecule is CCCCCN(CC(=O)Nc1ncc(C)s1)C(=O)c1ccc(CC)cc1. The third-order valence-electron chi connectivity index (χ3n) is 4.13. The first kappa shape index (κ1) is 20.1. The Bertz CT molecular complexity index is 725. The van der Waals surface area contributed by atoms with E-state index >= 15 is 0 Å². The van der Waals surface area contributed by atoms with Crippen LogP contribution >= 0.6 is 11.3 Å². The van der Waals surface area contributed by atoms with Gasteiger partial charge in [-0.15, -0.1) is 11.3 Å². The number of amides is 2. The summed E-state index contributed by atoms with van der Waals surface area (Å²) in [5.41, 5.74) is 1.81. The minimum Gasteiger partial charge on any atom is -0.329 e. The fourth-order valence-corrected chi connectivity index (χ4v) is 3.30. The summed E-state index contributed by atoms with van der Waals surface area (Å²) in [4.78, 5) is 32.0. The number of hydrogen-bond donors (Lipinski definition) is 1. The van der Waals surface area contributed by atoms with Gasteiger partial charge in [0.25, 0.3) is 5.91 Å². The van der Waals surface area contributed by atoms with Crippen LogP contribution in [0.5, 0.6) is 0 Å². The minimum atomic E-state index is -0.214. The van der Waals surface area contributed by atoms with E-state index in [1.54, 1.807) is 11.1 Å². The maximum Gasteiger partial charge on any atom is 0.254 e. The monoisotopic (exact) mass is 373 g/mol. The molecule has 0 aliphatic carbocycles. The molecule has 2 aromatic rings. The first-order valence-electron chi connectivity index (χ1n) is 9.14. The molecule has 0 bridgehead atoms. The standard InChI is InChI=1S/C20H27N3O2S/c1-4-6-7-12-23(14-18(24)22-20-21-13-15(3)26-20)19(25)17-10-8-16(5-2)9-11-17/h8-11,13H,4-7,12,14H2,1-3H3,(H,21,22,24). The molecule has 2 rings (SSSR count). The maximum atomic E-state index is 12.9. The highest BCUT2D eigenvalue weighted by atomic mass is 32.1. The van der Waals surface area contributed by atoms with E-state index in [1.807, 2.05) is 31.2 Å². The molecule has 1 N–H and O–H groups in total. The number of unbranched alkanes of at least 4 members (excludes halogenated alkanes) is 2. The van der Waals surface area contributed by atoms with Gasteiger partial charge in [-0.2, -0.15) is 0 Å². The molecular weight excluding hydrogens is 346 g/mol. The van der Waals surface area contributed by atoms with E-state index in [2.05, 4.69) is 24.1 Å². The molecule has 0 saturated carbocycles. The first-order valence-corrected chi connectivity index (χ1v) is 9.95. The molecule has 6 heteroatoms. The molecule has 0 fully saturated rings. The average molecular weight is 374 g/mol. The number of benzene rings is 1. The molecule has 26 heavy (non-hydrogen) atoms. The molecule has 0 spiro atoms. The van der Waals surface area contributed by atoms with Crippen molar-refractivity contribution < 1.29 is 9.59 Å². The predicted molar refractivity (Wildman–Crippen MR) is 107 cm³/mol. The van der Waals surface area contributed by atoms with Crippen LogP contribution in [0.1, 0.15) is 53.9 Å². The van der Waals surface area contributed by atoms with Crippen LogP contribution in [0.2, 0.25) is 0 Å². The Balaban J connectivity index is 2.05. The maximum absolute atomic E-state index is 12.9. The van der Waals surface area contributed by atoms with E-state index in [-0.39, 0.29) is 18.4 Å². The topological polar surface area (TPSA) is 62.3 Å². The van der Waals surface area contributed by atoms with Gasteiger partial charge in [-0.1, -0.05) is 38.8 Å². The summed E-state index contributed by atoms with van der Waals surface area (Å²) in [6.45, 7) is 6.75. The molecule has 2 amide bonds. The normalized spacial score (nSPS) is 10.6. The number of nitrogens with zero attached hydrogens (tertiary/aromatic N) is 2. The molecule has 1 aromatic carbocycles. The van der Waals surface area contributed by atoms with E-state index in [0.717, 1.165) is 30.6 Å². The Labute approximate surface area is 159 Å². The Morgan fingerprint density at radius 1 is 1.15 bits per heavy atom. The summed E-state index contributed by atoms with van der Waals surface area (Å²) < 4.78 is 0. The number of carbonyl (C=O) groups is 2. The zero-order chi connectivity index (χ0) is 18.9. The van der Waals surface area contributed by atoms with E-state index < -0.39 is 0 Å². The number of aromatic nitrogens is 1. The van der Waals surface area contributed by atoms with Crippen molar-refractivity contribution in [2.75, 3.05) is 18.4 Å². The summed E-state index contributed by atoms with van der Waals surface area (Å²) in [6, 6.07) is 7.62. The lowest BCUT2D eigenvalue weighted by atomic mass is 10.1. The van der Waals surface area contributed by atoms with Crippen molar-refractivity contribution in [3.8, 4) is 0 Å². The van der Waals surface area contributed by atoms with E-state index in [1.165, 1.54) is 16.9 Å². The number of nitrogens with one attached hydrogen (secondary N) is 1. The summed E-state index contributed by atoms with van der Waals surface area (Å²) in [5.74, 6) is -0.316. The number of anilines is 1. The lowest BCUT2D eigenvalue weighted by Crippen LogP contribution is -2.38. The molecule has 0 aliphatic heterocycles. The lowest BCUT2D eigenvalue weighted by molar-refractivity contribution is -0.116. The third kappa shape index (κ3) is 5.95. The summed E-state index contributed by atoms with van der Waals surface area (Å²) >= 11 is 1.43.